The maximum Gasteiger partial charge on any atom is 0.127 e. The molecule has 0 aliphatic rings. The number of halogens is 2. The Bertz CT molecular complexity index is 300. The van der Waals surface area contributed by atoms with Crippen LogP contribution in [0.25, 0.3) is 0 Å². The van der Waals surface area contributed by atoms with Crippen LogP contribution in [0.2, 0.25) is 0 Å². The van der Waals surface area contributed by atoms with E-state index in [0.29, 0.717) is 12.8 Å². The molecule has 0 aromatic carbocycles. The Morgan fingerprint density at radius 2 is 2.29 bits per heavy atom. The molecule has 1 heterocycles. The van der Waals surface area contributed by atoms with Gasteiger partial charge in [-0.15, -0.1) is 0 Å². The van der Waals surface area contributed by atoms with Crippen LogP contribution >= 0.6 is 15.9 Å². The van der Waals surface area contributed by atoms with Crippen molar-refractivity contribution < 1.29 is 4.39 Å². The number of alkyl halides is 1. The lowest BCUT2D eigenvalue weighted by Crippen LogP contribution is -2.34. The quantitative estimate of drug-likeness (QED) is 0.904. The van der Waals surface area contributed by atoms with Gasteiger partial charge in [-0.05, 0) is 34.0 Å². The molecule has 14 heavy (non-hydrogen) atoms. The molecule has 1 aromatic rings. The molecule has 1 rings (SSSR count). The number of aromatic nitrogens is 1. The van der Waals surface area contributed by atoms with Crippen LogP contribution in [0.15, 0.2) is 22.9 Å². The number of hydrogen-bond donors (Lipinski definition) is 1. The third-order valence-electron chi connectivity index (χ3n) is 2.28. The molecule has 2 nitrogen and oxygen atoms in total. The second-order valence-corrected chi connectivity index (χ2v) is 4.31. The highest BCUT2D eigenvalue weighted by Crippen LogP contribution is 2.21. The number of pyridine rings is 1. The molecule has 0 spiro atoms. The zero-order chi connectivity index (χ0) is 10.6. The number of nitrogens with zero attached hydrogens (tertiary/aromatic N) is 1. The molecule has 0 bridgehead atoms. The summed E-state index contributed by atoms with van der Waals surface area (Å²) in [6.07, 6.45) is 4.10. The summed E-state index contributed by atoms with van der Waals surface area (Å²) in [5.41, 5.74) is 4.96. The van der Waals surface area contributed by atoms with E-state index >= 15 is 0 Å². The van der Waals surface area contributed by atoms with Crippen LogP contribution in [0.1, 0.15) is 18.9 Å². The molecule has 2 N–H and O–H groups in total. The Morgan fingerprint density at radius 1 is 1.57 bits per heavy atom. The van der Waals surface area contributed by atoms with Crippen molar-refractivity contribution in [3.8, 4) is 0 Å². The van der Waals surface area contributed by atoms with E-state index in [1.54, 1.807) is 19.3 Å². The van der Waals surface area contributed by atoms with Crippen molar-refractivity contribution in [1.82, 2.24) is 4.98 Å². The van der Waals surface area contributed by atoms with Gasteiger partial charge in [0.25, 0.3) is 0 Å². The first kappa shape index (κ1) is 11.6. The summed E-state index contributed by atoms with van der Waals surface area (Å²) >= 11 is 3.30. The van der Waals surface area contributed by atoms with Gasteiger partial charge in [-0.2, -0.15) is 0 Å². The average Bonchev–Trinajstić information content (AvgIpc) is 2.18. The number of hydrogen-bond acceptors (Lipinski definition) is 2. The predicted octanol–water partition coefficient (Wildman–Crippen LogP) is 2.46. The summed E-state index contributed by atoms with van der Waals surface area (Å²) in [4.78, 5) is 3.98. The van der Waals surface area contributed by atoms with E-state index in [9.17, 15) is 4.39 Å². The molecule has 0 saturated heterocycles. The first-order valence-corrected chi connectivity index (χ1v) is 5.37. The Kier molecular flexibility index (Phi) is 4.01. The van der Waals surface area contributed by atoms with E-state index < -0.39 is 5.67 Å². The van der Waals surface area contributed by atoms with Gasteiger partial charge < -0.3 is 5.73 Å². The fraction of sp³-hybridized carbons (Fsp3) is 0.500. The minimum atomic E-state index is -1.30. The van der Waals surface area contributed by atoms with Gasteiger partial charge in [0.1, 0.15) is 5.67 Å². The van der Waals surface area contributed by atoms with Crippen LogP contribution in [0.5, 0.6) is 0 Å². The Morgan fingerprint density at radius 3 is 2.79 bits per heavy atom. The van der Waals surface area contributed by atoms with Crippen molar-refractivity contribution in [3.63, 3.8) is 0 Å². The molecule has 0 aliphatic carbocycles. The maximum atomic E-state index is 13.9. The molecule has 1 atom stereocenters. The van der Waals surface area contributed by atoms with Crippen LogP contribution in [-0.2, 0) is 6.42 Å². The van der Waals surface area contributed by atoms with Gasteiger partial charge in [0.15, 0.2) is 0 Å². The molecule has 1 unspecified atom stereocenters. The monoisotopic (exact) mass is 260 g/mol. The molecular formula is C10H14BrFN2. The lowest BCUT2D eigenvalue weighted by molar-refractivity contribution is 0.167. The van der Waals surface area contributed by atoms with Gasteiger partial charge in [-0.1, -0.05) is 6.92 Å². The SMILES string of the molecule is CCC(F)(CN)Cc1cncc(Br)c1. The second-order valence-electron chi connectivity index (χ2n) is 3.40. The van der Waals surface area contributed by atoms with Crippen LogP contribution in [0, 0.1) is 0 Å². The predicted molar refractivity (Wildman–Crippen MR) is 58.8 cm³/mol. The lowest BCUT2D eigenvalue weighted by atomic mass is 9.95. The van der Waals surface area contributed by atoms with E-state index in [0.717, 1.165) is 10.0 Å². The molecular weight excluding hydrogens is 247 g/mol. The van der Waals surface area contributed by atoms with E-state index in [1.807, 2.05) is 6.07 Å². The highest BCUT2D eigenvalue weighted by atomic mass is 79.9. The molecule has 0 saturated carbocycles. The fourth-order valence-electron chi connectivity index (χ4n) is 1.26. The van der Waals surface area contributed by atoms with Crippen LogP contribution in [-0.4, -0.2) is 17.2 Å². The van der Waals surface area contributed by atoms with Crippen LogP contribution in [0.3, 0.4) is 0 Å². The van der Waals surface area contributed by atoms with Gasteiger partial charge in [-0.3, -0.25) is 4.98 Å². The minimum Gasteiger partial charge on any atom is -0.328 e. The maximum absolute atomic E-state index is 13.9. The molecule has 0 aliphatic heterocycles. The molecule has 4 heteroatoms. The number of rotatable bonds is 4. The largest absolute Gasteiger partial charge is 0.328 e. The normalized spacial score (nSPS) is 15.1. The van der Waals surface area contributed by atoms with Gasteiger partial charge in [0.05, 0.1) is 0 Å². The van der Waals surface area contributed by atoms with E-state index in [4.69, 9.17) is 5.73 Å². The van der Waals surface area contributed by atoms with Crippen molar-refractivity contribution in [1.29, 1.82) is 0 Å². The third kappa shape index (κ3) is 3.03. The zero-order valence-corrected chi connectivity index (χ0v) is 9.72. The Labute approximate surface area is 91.8 Å². The Balaban J connectivity index is 2.77. The fourth-order valence-corrected chi connectivity index (χ4v) is 1.67. The topological polar surface area (TPSA) is 38.9 Å². The molecule has 0 fully saturated rings. The average molecular weight is 261 g/mol. The smallest absolute Gasteiger partial charge is 0.127 e. The van der Waals surface area contributed by atoms with Crippen molar-refractivity contribution in [2.24, 2.45) is 5.73 Å². The van der Waals surface area contributed by atoms with Gasteiger partial charge in [-0.25, -0.2) is 4.39 Å². The molecule has 0 amide bonds. The van der Waals surface area contributed by atoms with Crippen LogP contribution < -0.4 is 5.73 Å². The Hall–Kier alpha value is -0.480. The summed E-state index contributed by atoms with van der Waals surface area (Å²) in [7, 11) is 0. The van der Waals surface area contributed by atoms with Crippen LogP contribution in [0.4, 0.5) is 4.39 Å². The highest BCUT2D eigenvalue weighted by Gasteiger charge is 2.25. The molecule has 78 valence electrons. The minimum absolute atomic E-state index is 0.0516. The van der Waals surface area contributed by atoms with Crippen molar-refractivity contribution in [2.45, 2.75) is 25.4 Å². The summed E-state index contributed by atoms with van der Waals surface area (Å²) in [6.45, 7) is 1.86. The van der Waals surface area contributed by atoms with E-state index in [1.165, 1.54) is 0 Å². The third-order valence-corrected chi connectivity index (χ3v) is 2.72. The first-order chi connectivity index (χ1) is 6.59. The highest BCUT2D eigenvalue weighted by molar-refractivity contribution is 9.10. The van der Waals surface area contributed by atoms with Crippen molar-refractivity contribution in [2.75, 3.05) is 6.54 Å². The lowest BCUT2D eigenvalue weighted by Gasteiger charge is -2.21. The van der Waals surface area contributed by atoms with Crippen molar-refractivity contribution in [3.05, 3.63) is 28.5 Å². The standard InChI is InChI=1S/C10H14BrFN2/c1-2-10(12,7-13)4-8-3-9(11)6-14-5-8/h3,5-6H,2,4,7,13H2,1H3. The molecule has 0 radical (unpaired) electrons. The second kappa shape index (κ2) is 4.84. The summed E-state index contributed by atoms with van der Waals surface area (Å²) in [6, 6.07) is 1.87. The zero-order valence-electron chi connectivity index (χ0n) is 8.13. The van der Waals surface area contributed by atoms with E-state index in [-0.39, 0.29) is 6.54 Å². The molecule has 1 aromatic heterocycles. The number of nitrogens with two attached hydrogens (primary N) is 1. The summed E-state index contributed by atoms with van der Waals surface area (Å²) < 4.78 is 14.8. The van der Waals surface area contributed by atoms with Crippen molar-refractivity contribution >= 4 is 15.9 Å². The van der Waals surface area contributed by atoms with Gasteiger partial charge in [0, 0.05) is 29.8 Å². The first-order valence-electron chi connectivity index (χ1n) is 4.58. The van der Waals surface area contributed by atoms with E-state index in [2.05, 4.69) is 20.9 Å². The summed E-state index contributed by atoms with van der Waals surface area (Å²) in [5.74, 6) is 0. The summed E-state index contributed by atoms with van der Waals surface area (Å²) in [5, 5.41) is 0. The van der Waals surface area contributed by atoms with Gasteiger partial charge >= 0.3 is 0 Å². The van der Waals surface area contributed by atoms with Gasteiger partial charge in [0.2, 0.25) is 0 Å².